The van der Waals surface area contributed by atoms with Crippen molar-refractivity contribution in [2.45, 2.75) is 12.7 Å². The van der Waals surface area contributed by atoms with Crippen LogP contribution >= 0.6 is 19.0 Å². The molecule has 124 valence electrons. The van der Waals surface area contributed by atoms with Crippen LogP contribution in [0.2, 0.25) is 5.02 Å². The second-order valence-corrected chi connectivity index (χ2v) is 8.59. The minimum absolute atomic E-state index is 0.0618. The van der Waals surface area contributed by atoms with Gasteiger partial charge in [-0.15, -0.1) is 0 Å². The Morgan fingerprint density at radius 2 is 1.54 bits per heavy atom. The summed E-state index contributed by atoms with van der Waals surface area (Å²) in [5.74, 6) is -2.34. The number of carbonyl (C=O) groups excluding carboxylic acids is 2. The molecular formula is C17H15ClNO4P. The van der Waals surface area contributed by atoms with Gasteiger partial charge >= 0.3 is 0 Å². The summed E-state index contributed by atoms with van der Waals surface area (Å²) in [6.07, 6.45) is -0.0618. The lowest BCUT2D eigenvalue weighted by molar-refractivity contribution is 0.0623. The van der Waals surface area contributed by atoms with Gasteiger partial charge in [0.15, 0.2) is 0 Å². The first kappa shape index (κ1) is 16.9. The third-order valence-electron chi connectivity index (χ3n) is 4.07. The lowest BCUT2D eigenvalue weighted by Gasteiger charge is -2.30. The van der Waals surface area contributed by atoms with Crippen molar-refractivity contribution in [1.82, 2.24) is 4.90 Å². The van der Waals surface area contributed by atoms with Gasteiger partial charge < -0.3 is 4.89 Å². The fraction of sp³-hybridized carbons (Fsp3) is 0.176. The molecule has 2 aromatic carbocycles. The number of hydrogen-bond acceptors (Lipinski definition) is 3. The predicted molar refractivity (Wildman–Crippen MR) is 91.5 cm³/mol. The molecule has 2 atom stereocenters. The number of hydrogen-bond donors (Lipinski definition) is 1. The van der Waals surface area contributed by atoms with Gasteiger partial charge in [-0.3, -0.25) is 19.1 Å². The summed E-state index contributed by atoms with van der Waals surface area (Å²) >= 11 is 5.88. The zero-order chi connectivity index (χ0) is 17.5. The highest BCUT2D eigenvalue weighted by atomic mass is 35.5. The van der Waals surface area contributed by atoms with Gasteiger partial charge in [0.1, 0.15) is 5.78 Å². The van der Waals surface area contributed by atoms with Crippen LogP contribution in [-0.2, 0) is 4.57 Å². The van der Waals surface area contributed by atoms with Crippen LogP contribution in [0, 0.1) is 0 Å². The number of amides is 2. The van der Waals surface area contributed by atoms with E-state index >= 15 is 0 Å². The summed E-state index contributed by atoms with van der Waals surface area (Å²) in [6, 6.07) is 12.7. The average Bonchev–Trinajstić information content (AvgIpc) is 2.82. The molecule has 0 radical (unpaired) electrons. The first-order valence-electron chi connectivity index (χ1n) is 7.40. The summed E-state index contributed by atoms with van der Waals surface area (Å²) in [5, 5.41) is 0.462. The lowest BCUT2D eigenvalue weighted by Crippen LogP contribution is -2.34. The maximum absolute atomic E-state index is 12.8. The highest BCUT2D eigenvalue weighted by molar-refractivity contribution is 7.58. The van der Waals surface area contributed by atoms with Crippen molar-refractivity contribution in [3.8, 4) is 0 Å². The molecule has 24 heavy (non-hydrogen) atoms. The molecule has 1 N–H and O–H groups in total. The van der Waals surface area contributed by atoms with Gasteiger partial charge in [0, 0.05) is 11.2 Å². The molecule has 0 bridgehead atoms. The lowest BCUT2D eigenvalue weighted by atomic mass is 10.1. The average molecular weight is 364 g/mol. The van der Waals surface area contributed by atoms with E-state index in [4.69, 9.17) is 11.6 Å². The van der Waals surface area contributed by atoms with Gasteiger partial charge in [0.05, 0.1) is 11.1 Å². The van der Waals surface area contributed by atoms with E-state index in [1.807, 2.05) is 0 Å². The molecule has 5 nitrogen and oxygen atoms in total. The molecule has 3 rings (SSSR count). The van der Waals surface area contributed by atoms with Crippen LogP contribution in [-0.4, -0.2) is 27.8 Å². The van der Waals surface area contributed by atoms with E-state index in [-0.39, 0.29) is 17.3 Å². The van der Waals surface area contributed by atoms with Crippen molar-refractivity contribution in [3.63, 3.8) is 0 Å². The minimum Gasteiger partial charge on any atom is -0.343 e. The minimum atomic E-state index is -3.83. The summed E-state index contributed by atoms with van der Waals surface area (Å²) in [4.78, 5) is 36.8. The number of benzene rings is 2. The molecule has 1 aliphatic heterocycles. The van der Waals surface area contributed by atoms with E-state index in [2.05, 4.69) is 0 Å². The Morgan fingerprint density at radius 1 is 1.04 bits per heavy atom. The molecule has 2 amide bonds. The Hall–Kier alpha value is -1.94. The van der Waals surface area contributed by atoms with Crippen molar-refractivity contribution in [2.24, 2.45) is 0 Å². The molecule has 0 saturated carbocycles. The van der Waals surface area contributed by atoms with Crippen molar-refractivity contribution >= 4 is 30.8 Å². The van der Waals surface area contributed by atoms with Crippen LogP contribution in [0.5, 0.6) is 0 Å². The van der Waals surface area contributed by atoms with Gasteiger partial charge in [-0.1, -0.05) is 42.8 Å². The van der Waals surface area contributed by atoms with E-state index in [0.29, 0.717) is 10.6 Å². The Balaban J connectivity index is 2.14. The van der Waals surface area contributed by atoms with Crippen LogP contribution < -0.4 is 0 Å². The zero-order valence-electron chi connectivity index (χ0n) is 12.8. The summed E-state index contributed by atoms with van der Waals surface area (Å²) in [6.45, 7) is 1.56. The molecule has 0 aromatic heterocycles. The molecule has 0 fully saturated rings. The van der Waals surface area contributed by atoms with Gasteiger partial charge in [-0.25, -0.2) is 0 Å². The Kier molecular flexibility index (Phi) is 4.35. The first-order valence-corrected chi connectivity index (χ1v) is 9.70. The number of nitrogens with zero attached hydrogens (tertiary/aromatic N) is 1. The van der Waals surface area contributed by atoms with E-state index in [0.717, 1.165) is 4.90 Å². The van der Waals surface area contributed by atoms with Crippen molar-refractivity contribution in [2.75, 3.05) is 6.16 Å². The SMILES string of the molecule is CCP(=O)(O)C(c1ccc(Cl)cc1)N1C(=O)c2ccccc2C1=O. The highest BCUT2D eigenvalue weighted by Crippen LogP contribution is 2.58. The topological polar surface area (TPSA) is 74.7 Å². The van der Waals surface area contributed by atoms with Crippen molar-refractivity contribution < 1.29 is 19.0 Å². The van der Waals surface area contributed by atoms with Crippen LogP contribution in [0.3, 0.4) is 0 Å². The molecule has 0 saturated heterocycles. The summed E-state index contributed by atoms with van der Waals surface area (Å²) in [7, 11) is -3.83. The quantitative estimate of drug-likeness (QED) is 0.659. The molecule has 7 heteroatoms. The largest absolute Gasteiger partial charge is 0.343 e. The number of fused-ring (bicyclic) bond motifs is 1. The van der Waals surface area contributed by atoms with Gasteiger partial charge in [-0.05, 0) is 29.8 Å². The van der Waals surface area contributed by atoms with E-state index < -0.39 is 25.0 Å². The van der Waals surface area contributed by atoms with E-state index in [9.17, 15) is 19.0 Å². The predicted octanol–water partition coefficient (Wildman–Crippen LogP) is 3.93. The molecule has 0 aliphatic carbocycles. The third kappa shape index (κ3) is 2.69. The maximum atomic E-state index is 12.8. The monoisotopic (exact) mass is 363 g/mol. The molecule has 0 spiro atoms. The van der Waals surface area contributed by atoms with Gasteiger partial charge in [0.25, 0.3) is 11.8 Å². The summed E-state index contributed by atoms with van der Waals surface area (Å²) < 4.78 is 12.8. The Labute approximate surface area is 144 Å². The van der Waals surface area contributed by atoms with E-state index in [1.54, 1.807) is 55.5 Å². The highest BCUT2D eigenvalue weighted by Gasteiger charge is 2.46. The number of carbonyl (C=O) groups is 2. The fourth-order valence-electron chi connectivity index (χ4n) is 2.80. The molecule has 2 aromatic rings. The molecule has 1 aliphatic rings. The number of rotatable bonds is 4. The molecular weight excluding hydrogens is 349 g/mol. The normalized spacial score (nSPS) is 17.5. The molecule has 2 unspecified atom stereocenters. The Morgan fingerprint density at radius 3 is 2.00 bits per heavy atom. The second-order valence-electron chi connectivity index (χ2n) is 5.52. The van der Waals surface area contributed by atoms with Crippen LogP contribution in [0.15, 0.2) is 48.5 Å². The van der Waals surface area contributed by atoms with Crippen molar-refractivity contribution in [3.05, 3.63) is 70.2 Å². The van der Waals surface area contributed by atoms with E-state index in [1.165, 1.54) is 0 Å². The van der Waals surface area contributed by atoms with Crippen molar-refractivity contribution in [1.29, 1.82) is 0 Å². The molecule has 1 heterocycles. The third-order valence-corrected chi connectivity index (χ3v) is 6.53. The zero-order valence-corrected chi connectivity index (χ0v) is 14.5. The fourth-order valence-corrected chi connectivity index (χ4v) is 4.48. The smallest absolute Gasteiger partial charge is 0.262 e. The van der Waals surface area contributed by atoms with Gasteiger partial charge in [-0.2, -0.15) is 0 Å². The van der Waals surface area contributed by atoms with Crippen LogP contribution in [0.25, 0.3) is 0 Å². The van der Waals surface area contributed by atoms with Crippen LogP contribution in [0.1, 0.15) is 39.0 Å². The second kappa shape index (κ2) is 6.17. The number of halogens is 1. The van der Waals surface area contributed by atoms with Gasteiger partial charge in [0.2, 0.25) is 7.37 Å². The standard InChI is InChI=1S/C17H15ClNO4P/c1-2-24(22,23)17(11-7-9-12(18)10-8-11)19-15(20)13-5-3-4-6-14(13)16(19)21/h3-10,17H,2H2,1H3,(H,22,23). The Bertz CT molecular complexity index is 830. The number of imide groups is 1. The first-order chi connectivity index (χ1) is 11.4. The van der Waals surface area contributed by atoms with Crippen LogP contribution in [0.4, 0.5) is 0 Å². The summed E-state index contributed by atoms with van der Waals surface area (Å²) in [5.41, 5.74) is 0.900. The maximum Gasteiger partial charge on any atom is 0.262 e.